The van der Waals surface area contributed by atoms with Crippen molar-refractivity contribution in [1.29, 1.82) is 0 Å². The molecule has 0 aliphatic heterocycles. The lowest BCUT2D eigenvalue weighted by Crippen LogP contribution is -2.17. The van der Waals surface area contributed by atoms with Gasteiger partial charge >= 0.3 is 6.18 Å². The zero-order chi connectivity index (χ0) is 19.4. The standard InChI is InChI=1S/C21H17BrF3NO/c1-27-18-12-6-15(7-13-18)14-26(20-5-3-2-4-19(20)22)17-10-8-16(9-11-17)21(23,24)25/h2-13H,14H2,1H3. The summed E-state index contributed by atoms with van der Waals surface area (Å²) >= 11 is 3.53. The Morgan fingerprint density at radius 2 is 1.52 bits per heavy atom. The van der Waals surface area contributed by atoms with Gasteiger partial charge in [-0.05, 0) is 70.0 Å². The minimum atomic E-state index is -4.35. The summed E-state index contributed by atoms with van der Waals surface area (Å²) in [6, 6.07) is 20.4. The molecule has 0 bridgehead atoms. The van der Waals surface area contributed by atoms with Crippen LogP contribution in [0.15, 0.2) is 77.3 Å². The van der Waals surface area contributed by atoms with E-state index in [2.05, 4.69) is 15.9 Å². The molecule has 3 rings (SSSR count). The zero-order valence-corrected chi connectivity index (χ0v) is 16.1. The van der Waals surface area contributed by atoms with Crippen LogP contribution in [-0.4, -0.2) is 7.11 Å². The molecular formula is C21H17BrF3NO. The molecule has 3 aromatic carbocycles. The van der Waals surface area contributed by atoms with Gasteiger partial charge in [-0.1, -0.05) is 24.3 Å². The first-order chi connectivity index (χ1) is 12.9. The van der Waals surface area contributed by atoms with E-state index in [9.17, 15) is 13.2 Å². The van der Waals surface area contributed by atoms with Gasteiger partial charge in [0.25, 0.3) is 0 Å². The molecule has 0 saturated carbocycles. The van der Waals surface area contributed by atoms with Crippen LogP contribution in [0.4, 0.5) is 24.5 Å². The highest BCUT2D eigenvalue weighted by atomic mass is 79.9. The molecule has 0 unspecified atom stereocenters. The molecule has 6 heteroatoms. The van der Waals surface area contributed by atoms with Gasteiger partial charge < -0.3 is 9.64 Å². The van der Waals surface area contributed by atoms with Crippen molar-refractivity contribution in [3.8, 4) is 5.75 Å². The van der Waals surface area contributed by atoms with Gasteiger partial charge in [-0.2, -0.15) is 13.2 Å². The number of para-hydroxylation sites is 1. The minimum absolute atomic E-state index is 0.498. The molecule has 0 atom stereocenters. The smallest absolute Gasteiger partial charge is 0.416 e. The Kier molecular flexibility index (Phi) is 5.75. The normalized spacial score (nSPS) is 11.3. The van der Waals surface area contributed by atoms with Crippen molar-refractivity contribution in [2.75, 3.05) is 12.0 Å². The van der Waals surface area contributed by atoms with Crippen LogP contribution >= 0.6 is 15.9 Å². The van der Waals surface area contributed by atoms with Crippen LogP contribution < -0.4 is 9.64 Å². The Morgan fingerprint density at radius 3 is 2.07 bits per heavy atom. The van der Waals surface area contributed by atoms with Crippen LogP contribution in [0.25, 0.3) is 0 Å². The lowest BCUT2D eigenvalue weighted by molar-refractivity contribution is -0.137. The molecular weight excluding hydrogens is 419 g/mol. The van der Waals surface area contributed by atoms with Crippen molar-refractivity contribution >= 4 is 27.3 Å². The van der Waals surface area contributed by atoms with Crippen LogP contribution in [0.3, 0.4) is 0 Å². The van der Waals surface area contributed by atoms with Crippen molar-refractivity contribution in [3.63, 3.8) is 0 Å². The summed E-state index contributed by atoms with van der Waals surface area (Å²) in [5.74, 6) is 0.751. The summed E-state index contributed by atoms with van der Waals surface area (Å²) in [7, 11) is 1.60. The number of anilines is 2. The lowest BCUT2D eigenvalue weighted by Gasteiger charge is -2.27. The molecule has 27 heavy (non-hydrogen) atoms. The quantitative estimate of drug-likeness (QED) is 0.436. The zero-order valence-electron chi connectivity index (χ0n) is 14.5. The molecule has 0 N–H and O–H groups in total. The predicted octanol–water partition coefficient (Wildman–Crippen LogP) is 6.81. The molecule has 0 aromatic heterocycles. The van der Waals surface area contributed by atoms with Crippen LogP contribution in [0.5, 0.6) is 5.75 Å². The SMILES string of the molecule is COc1ccc(CN(c2ccc(C(F)(F)F)cc2)c2ccccc2Br)cc1. The van der Waals surface area contributed by atoms with Crippen LogP contribution in [0.1, 0.15) is 11.1 Å². The fourth-order valence-corrected chi connectivity index (χ4v) is 3.23. The van der Waals surface area contributed by atoms with Gasteiger partial charge in [0.05, 0.1) is 18.4 Å². The summed E-state index contributed by atoms with van der Waals surface area (Å²) in [6.45, 7) is 0.498. The average Bonchev–Trinajstić information content (AvgIpc) is 2.67. The highest BCUT2D eigenvalue weighted by molar-refractivity contribution is 9.10. The molecule has 2 nitrogen and oxygen atoms in total. The number of hydrogen-bond acceptors (Lipinski definition) is 2. The summed E-state index contributed by atoms with van der Waals surface area (Å²) < 4.78 is 44.7. The van der Waals surface area contributed by atoms with Crippen molar-refractivity contribution in [2.45, 2.75) is 12.7 Å². The van der Waals surface area contributed by atoms with E-state index in [0.717, 1.165) is 33.6 Å². The van der Waals surface area contributed by atoms with E-state index in [1.807, 2.05) is 53.4 Å². The Morgan fingerprint density at radius 1 is 0.889 bits per heavy atom. The summed E-state index contributed by atoms with van der Waals surface area (Å²) in [5, 5.41) is 0. The van der Waals surface area contributed by atoms with E-state index in [1.165, 1.54) is 12.1 Å². The average molecular weight is 436 g/mol. The van der Waals surface area contributed by atoms with Gasteiger partial charge in [0.1, 0.15) is 5.75 Å². The van der Waals surface area contributed by atoms with Gasteiger partial charge in [0.15, 0.2) is 0 Å². The number of halogens is 4. The number of ether oxygens (including phenoxy) is 1. The van der Waals surface area contributed by atoms with E-state index in [-0.39, 0.29) is 0 Å². The number of alkyl halides is 3. The summed E-state index contributed by atoms with van der Waals surface area (Å²) in [4.78, 5) is 1.96. The first-order valence-corrected chi connectivity index (χ1v) is 9.00. The number of methoxy groups -OCH3 is 1. The topological polar surface area (TPSA) is 12.5 Å². The summed E-state index contributed by atoms with van der Waals surface area (Å²) in [6.07, 6.45) is -4.35. The third kappa shape index (κ3) is 4.63. The molecule has 0 amide bonds. The number of hydrogen-bond donors (Lipinski definition) is 0. The number of nitrogens with zero attached hydrogens (tertiary/aromatic N) is 1. The second-order valence-corrected chi connectivity index (χ2v) is 6.78. The van der Waals surface area contributed by atoms with Crippen LogP contribution in [0, 0.1) is 0 Å². The van der Waals surface area contributed by atoms with Gasteiger partial charge in [-0.3, -0.25) is 0 Å². The van der Waals surface area contributed by atoms with E-state index in [1.54, 1.807) is 7.11 Å². The van der Waals surface area contributed by atoms with Gasteiger partial charge in [-0.25, -0.2) is 0 Å². The van der Waals surface area contributed by atoms with Crippen molar-refractivity contribution < 1.29 is 17.9 Å². The van der Waals surface area contributed by atoms with E-state index >= 15 is 0 Å². The Labute approximate surface area is 164 Å². The Bertz CT molecular complexity index is 893. The number of rotatable bonds is 5. The highest BCUT2D eigenvalue weighted by Gasteiger charge is 2.30. The van der Waals surface area contributed by atoms with Crippen molar-refractivity contribution in [2.24, 2.45) is 0 Å². The molecule has 3 aromatic rings. The Hall–Kier alpha value is -2.47. The monoisotopic (exact) mass is 435 g/mol. The molecule has 0 radical (unpaired) electrons. The molecule has 140 valence electrons. The minimum Gasteiger partial charge on any atom is -0.497 e. The maximum absolute atomic E-state index is 12.9. The molecule has 0 aliphatic rings. The van der Waals surface area contributed by atoms with E-state index in [4.69, 9.17) is 4.74 Å². The fraction of sp³-hybridized carbons (Fsp3) is 0.143. The molecule has 0 saturated heterocycles. The van der Waals surface area contributed by atoms with Gasteiger partial charge in [0.2, 0.25) is 0 Å². The maximum atomic E-state index is 12.9. The third-order valence-corrected chi connectivity index (χ3v) is 4.82. The second-order valence-electron chi connectivity index (χ2n) is 5.93. The molecule has 0 aliphatic carbocycles. The predicted molar refractivity (Wildman–Crippen MR) is 104 cm³/mol. The Balaban J connectivity index is 1.98. The highest BCUT2D eigenvalue weighted by Crippen LogP contribution is 2.36. The van der Waals surface area contributed by atoms with Crippen molar-refractivity contribution in [1.82, 2.24) is 0 Å². The molecule has 0 fully saturated rings. The maximum Gasteiger partial charge on any atom is 0.416 e. The third-order valence-electron chi connectivity index (χ3n) is 4.15. The van der Waals surface area contributed by atoms with Gasteiger partial charge in [-0.15, -0.1) is 0 Å². The first-order valence-electron chi connectivity index (χ1n) is 8.21. The molecule has 0 heterocycles. The first kappa shape index (κ1) is 19.3. The lowest BCUT2D eigenvalue weighted by atomic mass is 10.1. The second kappa shape index (κ2) is 8.05. The number of benzene rings is 3. The van der Waals surface area contributed by atoms with Gasteiger partial charge in [0, 0.05) is 16.7 Å². The summed E-state index contributed by atoms with van der Waals surface area (Å²) in [5.41, 5.74) is 1.88. The van der Waals surface area contributed by atoms with E-state index < -0.39 is 11.7 Å². The molecule has 0 spiro atoms. The van der Waals surface area contributed by atoms with E-state index in [0.29, 0.717) is 12.2 Å². The fourth-order valence-electron chi connectivity index (χ4n) is 2.73. The van der Waals surface area contributed by atoms with Crippen LogP contribution in [0.2, 0.25) is 0 Å². The van der Waals surface area contributed by atoms with Crippen molar-refractivity contribution in [3.05, 3.63) is 88.4 Å². The largest absolute Gasteiger partial charge is 0.497 e. The van der Waals surface area contributed by atoms with Crippen LogP contribution in [-0.2, 0) is 12.7 Å².